The molecule has 0 saturated carbocycles. The van der Waals surface area contributed by atoms with Gasteiger partial charge >= 0.3 is 0 Å². The van der Waals surface area contributed by atoms with Crippen LogP contribution in [0.3, 0.4) is 0 Å². The normalized spacial score (nSPS) is 27.0. The number of nitrogens with zero attached hydrogens (tertiary/aromatic N) is 3. The zero-order valence-corrected chi connectivity index (χ0v) is 18.8. The van der Waals surface area contributed by atoms with Crippen LogP contribution >= 0.6 is 0 Å². The quantitative estimate of drug-likeness (QED) is 0.713. The van der Waals surface area contributed by atoms with Gasteiger partial charge in [-0.05, 0) is 70.7 Å². The summed E-state index contributed by atoms with van der Waals surface area (Å²) in [5.74, 6) is 1.92. The van der Waals surface area contributed by atoms with Gasteiger partial charge in [-0.3, -0.25) is 14.6 Å². The highest BCUT2D eigenvalue weighted by atomic mass is 16.5. The molecule has 2 atom stereocenters. The van der Waals surface area contributed by atoms with E-state index >= 15 is 0 Å². The fraction of sp³-hybridized carbons (Fsp3) is 0.720. The highest BCUT2D eigenvalue weighted by molar-refractivity contribution is 5.78. The number of ether oxygens (including phenoxy) is 1. The van der Waals surface area contributed by atoms with Gasteiger partial charge in [0.1, 0.15) is 11.9 Å². The molecule has 0 spiro atoms. The Kier molecular flexibility index (Phi) is 7.32. The largest absolute Gasteiger partial charge is 0.487 e. The molecule has 0 aliphatic carbocycles. The highest BCUT2D eigenvalue weighted by Crippen LogP contribution is 2.36. The van der Waals surface area contributed by atoms with Crippen molar-refractivity contribution < 1.29 is 9.53 Å². The zero-order valence-electron chi connectivity index (χ0n) is 18.8. The molecule has 0 N–H and O–H groups in total. The summed E-state index contributed by atoms with van der Waals surface area (Å²) in [6.45, 7) is 10.2. The molecule has 0 radical (unpaired) electrons. The van der Waals surface area contributed by atoms with E-state index in [-0.39, 0.29) is 6.10 Å². The van der Waals surface area contributed by atoms with E-state index in [2.05, 4.69) is 40.7 Å². The predicted octanol–water partition coefficient (Wildman–Crippen LogP) is 3.64. The number of likely N-dealkylation sites (tertiary alicyclic amines) is 3. The van der Waals surface area contributed by atoms with E-state index in [1.165, 1.54) is 25.7 Å². The average Bonchev–Trinajstić information content (AvgIpc) is 3.00. The minimum atomic E-state index is 0.263. The maximum atomic E-state index is 12.9. The summed E-state index contributed by atoms with van der Waals surface area (Å²) in [6, 6.07) is 11.2. The Hall–Kier alpha value is -1.59. The fourth-order valence-corrected chi connectivity index (χ4v) is 5.50. The first-order chi connectivity index (χ1) is 14.6. The van der Waals surface area contributed by atoms with Crippen LogP contribution in [0.1, 0.15) is 52.4 Å². The first kappa shape index (κ1) is 21.6. The second-order valence-electron chi connectivity index (χ2n) is 9.66. The number of carbonyl (C=O) groups excluding carboxylic acids is 1. The summed E-state index contributed by atoms with van der Waals surface area (Å²) in [5.41, 5.74) is 0. The van der Waals surface area contributed by atoms with E-state index in [9.17, 15) is 4.79 Å². The second kappa shape index (κ2) is 10.1. The Morgan fingerprint density at radius 3 is 2.30 bits per heavy atom. The lowest BCUT2D eigenvalue weighted by atomic mass is 9.79. The maximum Gasteiger partial charge on any atom is 0.236 e. The molecule has 3 fully saturated rings. The summed E-state index contributed by atoms with van der Waals surface area (Å²) in [7, 11) is 0. The van der Waals surface area contributed by atoms with E-state index in [4.69, 9.17) is 4.74 Å². The van der Waals surface area contributed by atoms with E-state index in [0.717, 1.165) is 51.3 Å². The Balaban J connectivity index is 1.30. The molecule has 30 heavy (non-hydrogen) atoms. The zero-order chi connectivity index (χ0) is 20.9. The molecule has 4 rings (SSSR count). The van der Waals surface area contributed by atoms with Crippen LogP contribution in [0.4, 0.5) is 0 Å². The maximum absolute atomic E-state index is 12.9. The predicted molar refractivity (Wildman–Crippen MR) is 121 cm³/mol. The van der Waals surface area contributed by atoms with Crippen LogP contribution in [0.5, 0.6) is 5.75 Å². The number of rotatable bonds is 6. The molecule has 1 aromatic rings. The molecule has 1 amide bonds. The molecule has 3 aliphatic rings. The molecular weight excluding hydrogens is 374 g/mol. The van der Waals surface area contributed by atoms with Crippen LogP contribution in [0, 0.1) is 5.92 Å². The van der Waals surface area contributed by atoms with Gasteiger partial charge in [-0.25, -0.2) is 0 Å². The summed E-state index contributed by atoms with van der Waals surface area (Å²) < 4.78 is 6.35. The Labute approximate surface area is 182 Å². The van der Waals surface area contributed by atoms with Gasteiger partial charge in [-0.2, -0.15) is 0 Å². The lowest BCUT2D eigenvalue weighted by molar-refractivity contribution is -0.136. The third-order valence-corrected chi connectivity index (χ3v) is 7.28. The van der Waals surface area contributed by atoms with Gasteiger partial charge in [0.25, 0.3) is 0 Å². The van der Waals surface area contributed by atoms with Crippen molar-refractivity contribution in [1.29, 1.82) is 0 Å². The van der Waals surface area contributed by atoms with Crippen LogP contribution < -0.4 is 4.74 Å². The van der Waals surface area contributed by atoms with Crippen molar-refractivity contribution in [3.63, 3.8) is 0 Å². The molecular formula is C25H39N3O2. The van der Waals surface area contributed by atoms with Gasteiger partial charge in [0.15, 0.2) is 0 Å². The lowest BCUT2D eigenvalue weighted by Gasteiger charge is -2.54. The third-order valence-electron chi connectivity index (χ3n) is 7.28. The van der Waals surface area contributed by atoms with E-state index < -0.39 is 0 Å². The van der Waals surface area contributed by atoms with Crippen molar-refractivity contribution in [2.24, 2.45) is 5.92 Å². The standard InChI is InChI=1S/C25H39N3O2/c1-20(2)28-18-23(30-22-10-6-5-7-11-22)25(28)21-12-16-27(17-13-21)24(29)19-26-14-8-3-4-9-15-26/h5-7,10-11,20-21,23,25H,3-4,8-9,12-19H2,1-2H3/t23-,25-/m0/s1. The summed E-state index contributed by atoms with van der Waals surface area (Å²) in [4.78, 5) is 19.9. The molecule has 1 aromatic carbocycles. The molecule has 0 unspecified atom stereocenters. The molecule has 5 heteroatoms. The Bertz CT molecular complexity index is 664. The molecule has 166 valence electrons. The molecule has 3 saturated heterocycles. The van der Waals surface area contributed by atoms with E-state index in [1.807, 2.05) is 18.2 Å². The molecule has 0 aromatic heterocycles. The van der Waals surface area contributed by atoms with Crippen LogP contribution in [0.15, 0.2) is 30.3 Å². The number of benzene rings is 1. The van der Waals surface area contributed by atoms with Gasteiger partial charge in [0, 0.05) is 25.7 Å². The van der Waals surface area contributed by atoms with Crippen LogP contribution in [0.25, 0.3) is 0 Å². The topological polar surface area (TPSA) is 36.0 Å². The monoisotopic (exact) mass is 413 g/mol. The summed E-state index contributed by atoms with van der Waals surface area (Å²) in [6.07, 6.45) is 7.56. The second-order valence-corrected chi connectivity index (χ2v) is 9.66. The van der Waals surface area contributed by atoms with Gasteiger partial charge in [0.2, 0.25) is 5.91 Å². The number of amides is 1. The van der Waals surface area contributed by atoms with Crippen molar-refractivity contribution >= 4 is 5.91 Å². The lowest BCUT2D eigenvalue weighted by Crippen LogP contribution is -2.68. The first-order valence-corrected chi connectivity index (χ1v) is 12.1. The Morgan fingerprint density at radius 2 is 1.67 bits per heavy atom. The van der Waals surface area contributed by atoms with Crippen molar-refractivity contribution in [3.05, 3.63) is 30.3 Å². The summed E-state index contributed by atoms with van der Waals surface area (Å²) >= 11 is 0. The molecule has 5 nitrogen and oxygen atoms in total. The van der Waals surface area contributed by atoms with Gasteiger partial charge in [0.05, 0.1) is 12.6 Å². The van der Waals surface area contributed by atoms with Crippen molar-refractivity contribution in [2.45, 2.75) is 70.6 Å². The SMILES string of the molecule is CC(C)N1C[C@H](Oc2ccccc2)[C@@H]1C1CCN(C(=O)CN2CCCCCC2)CC1. The fourth-order valence-electron chi connectivity index (χ4n) is 5.50. The minimum absolute atomic E-state index is 0.263. The molecule has 0 bridgehead atoms. The molecule has 3 aliphatic heterocycles. The minimum Gasteiger partial charge on any atom is -0.487 e. The van der Waals surface area contributed by atoms with E-state index in [1.54, 1.807) is 0 Å². The molecule has 3 heterocycles. The van der Waals surface area contributed by atoms with Crippen LogP contribution in [0.2, 0.25) is 0 Å². The van der Waals surface area contributed by atoms with E-state index in [0.29, 0.717) is 30.5 Å². The average molecular weight is 414 g/mol. The number of para-hydroxylation sites is 1. The smallest absolute Gasteiger partial charge is 0.236 e. The van der Waals surface area contributed by atoms with Crippen molar-refractivity contribution in [1.82, 2.24) is 14.7 Å². The number of hydrogen-bond acceptors (Lipinski definition) is 4. The summed E-state index contributed by atoms with van der Waals surface area (Å²) in [5, 5.41) is 0. The van der Waals surface area contributed by atoms with Crippen molar-refractivity contribution in [2.75, 3.05) is 39.3 Å². The number of carbonyl (C=O) groups is 1. The first-order valence-electron chi connectivity index (χ1n) is 12.1. The highest BCUT2D eigenvalue weighted by Gasteiger charge is 2.47. The number of hydrogen-bond donors (Lipinski definition) is 0. The van der Waals surface area contributed by atoms with Gasteiger partial charge in [-0.15, -0.1) is 0 Å². The Morgan fingerprint density at radius 1 is 1.00 bits per heavy atom. The number of piperidine rings is 1. The van der Waals surface area contributed by atoms with Gasteiger partial charge < -0.3 is 9.64 Å². The van der Waals surface area contributed by atoms with Crippen LogP contribution in [-0.4, -0.2) is 78.1 Å². The van der Waals surface area contributed by atoms with Crippen LogP contribution in [-0.2, 0) is 4.79 Å². The third kappa shape index (κ3) is 5.17. The van der Waals surface area contributed by atoms with Gasteiger partial charge in [-0.1, -0.05) is 31.0 Å². The van der Waals surface area contributed by atoms with Crippen molar-refractivity contribution in [3.8, 4) is 5.75 Å².